The molecular formula is C21H17ClN4O3. The molecule has 1 aliphatic heterocycles. The Hall–Kier alpha value is -3.58. The monoisotopic (exact) mass is 408 g/mol. The molecule has 4 rings (SSSR count). The van der Waals surface area contributed by atoms with E-state index in [1.807, 2.05) is 19.1 Å². The number of nitrogens with one attached hydrogen (secondary N) is 3. The average Bonchev–Trinajstić information content (AvgIpc) is 3.12. The van der Waals surface area contributed by atoms with Crippen LogP contribution < -0.4 is 15.4 Å². The lowest BCUT2D eigenvalue weighted by Crippen LogP contribution is -2.26. The summed E-state index contributed by atoms with van der Waals surface area (Å²) in [6.45, 7) is 2.24. The molecule has 2 aromatic carbocycles. The van der Waals surface area contributed by atoms with Crippen molar-refractivity contribution in [2.24, 2.45) is 0 Å². The molecule has 2 amide bonds. The fourth-order valence-corrected chi connectivity index (χ4v) is 3.06. The summed E-state index contributed by atoms with van der Waals surface area (Å²) in [4.78, 5) is 24.9. The molecule has 2 heterocycles. The highest BCUT2D eigenvalue weighted by molar-refractivity contribution is 6.32. The third-order valence-corrected chi connectivity index (χ3v) is 4.84. The van der Waals surface area contributed by atoms with Crippen LogP contribution in [-0.4, -0.2) is 22.0 Å². The van der Waals surface area contributed by atoms with Gasteiger partial charge in [-0.2, -0.15) is 5.10 Å². The van der Waals surface area contributed by atoms with Gasteiger partial charge in [-0.3, -0.25) is 14.7 Å². The van der Waals surface area contributed by atoms with E-state index >= 15 is 0 Å². The lowest BCUT2D eigenvalue weighted by Gasteiger charge is -2.20. The zero-order valence-electron chi connectivity index (χ0n) is 15.5. The van der Waals surface area contributed by atoms with Crippen molar-refractivity contribution in [3.05, 3.63) is 81.8 Å². The molecule has 0 saturated carbocycles. The molecular weight excluding hydrogens is 392 g/mol. The first-order valence-electron chi connectivity index (χ1n) is 8.88. The van der Waals surface area contributed by atoms with Crippen molar-refractivity contribution >= 4 is 35.2 Å². The number of aromatic amines is 1. The predicted molar refractivity (Wildman–Crippen MR) is 110 cm³/mol. The predicted octanol–water partition coefficient (Wildman–Crippen LogP) is 3.67. The molecule has 0 radical (unpaired) electrons. The fraction of sp³-hybridized carbons (Fsp3) is 0.0952. The summed E-state index contributed by atoms with van der Waals surface area (Å²) in [5, 5.41) is 12.8. The number of carbonyl (C=O) groups is 2. The van der Waals surface area contributed by atoms with Gasteiger partial charge in [0.2, 0.25) is 0 Å². The van der Waals surface area contributed by atoms with Crippen LogP contribution in [-0.2, 0) is 11.3 Å². The van der Waals surface area contributed by atoms with E-state index < -0.39 is 5.91 Å². The number of ether oxygens (including phenoxy) is 1. The summed E-state index contributed by atoms with van der Waals surface area (Å²) >= 11 is 6.14. The maximum absolute atomic E-state index is 12.4. The summed E-state index contributed by atoms with van der Waals surface area (Å²) < 4.78 is 5.72. The number of carbonyl (C=O) groups excluding carboxylic acids is 2. The smallest absolute Gasteiger partial charge is 0.291 e. The number of nitrogens with zero attached hydrogens (tertiary/aromatic N) is 1. The van der Waals surface area contributed by atoms with Crippen LogP contribution in [0.3, 0.4) is 0 Å². The Bertz CT molecular complexity index is 1140. The van der Waals surface area contributed by atoms with E-state index in [2.05, 4.69) is 20.8 Å². The van der Waals surface area contributed by atoms with Crippen LogP contribution in [0, 0.1) is 6.92 Å². The van der Waals surface area contributed by atoms with Crippen molar-refractivity contribution in [3.63, 3.8) is 0 Å². The van der Waals surface area contributed by atoms with Gasteiger partial charge in [-0.05, 0) is 42.8 Å². The number of amides is 2. The molecule has 146 valence electrons. The minimum atomic E-state index is -0.413. The Labute approximate surface area is 171 Å². The Kier molecular flexibility index (Phi) is 5.05. The maximum atomic E-state index is 12.4. The lowest BCUT2D eigenvalue weighted by molar-refractivity contribution is -0.115. The Morgan fingerprint density at radius 3 is 2.86 bits per heavy atom. The molecule has 3 N–H and O–H groups in total. The Morgan fingerprint density at radius 1 is 1.28 bits per heavy atom. The van der Waals surface area contributed by atoms with Crippen molar-refractivity contribution in [1.82, 2.24) is 15.5 Å². The Morgan fingerprint density at radius 2 is 2.10 bits per heavy atom. The minimum absolute atomic E-state index is 0.123. The number of hydrogen-bond donors (Lipinski definition) is 3. The second kappa shape index (κ2) is 7.81. The molecule has 0 spiro atoms. The van der Waals surface area contributed by atoms with Crippen molar-refractivity contribution in [3.8, 4) is 5.75 Å². The highest BCUT2D eigenvalue weighted by Gasteiger charge is 2.23. The zero-order chi connectivity index (χ0) is 20.4. The van der Waals surface area contributed by atoms with Gasteiger partial charge in [0, 0.05) is 28.4 Å². The van der Waals surface area contributed by atoms with Gasteiger partial charge < -0.3 is 15.4 Å². The fourth-order valence-electron chi connectivity index (χ4n) is 2.87. The largest absolute Gasteiger partial charge is 0.449 e. The zero-order valence-corrected chi connectivity index (χ0v) is 16.2. The van der Waals surface area contributed by atoms with Crippen LogP contribution in [0.15, 0.2) is 54.4 Å². The van der Waals surface area contributed by atoms with E-state index in [1.165, 1.54) is 0 Å². The molecule has 0 saturated heterocycles. The van der Waals surface area contributed by atoms with Crippen LogP contribution >= 0.6 is 11.6 Å². The molecule has 0 aliphatic carbocycles. The summed E-state index contributed by atoms with van der Waals surface area (Å²) in [6, 6.07) is 12.0. The van der Waals surface area contributed by atoms with Crippen molar-refractivity contribution in [1.29, 1.82) is 0 Å². The number of benzene rings is 2. The van der Waals surface area contributed by atoms with Crippen LogP contribution in [0.2, 0.25) is 5.02 Å². The van der Waals surface area contributed by atoms with E-state index in [0.717, 1.165) is 11.3 Å². The average molecular weight is 409 g/mol. The summed E-state index contributed by atoms with van der Waals surface area (Å²) in [5.41, 5.74) is 3.32. The molecule has 0 bridgehead atoms. The van der Waals surface area contributed by atoms with Gasteiger partial charge >= 0.3 is 0 Å². The van der Waals surface area contributed by atoms with Gasteiger partial charge in [0.25, 0.3) is 11.8 Å². The molecule has 0 atom stereocenters. The summed E-state index contributed by atoms with van der Waals surface area (Å²) in [6.07, 6.45) is 3.25. The quantitative estimate of drug-likeness (QED) is 0.574. The number of aryl methyl sites for hydroxylation is 1. The van der Waals surface area contributed by atoms with E-state index in [9.17, 15) is 9.59 Å². The molecule has 3 aromatic rings. The molecule has 0 fully saturated rings. The number of aromatic nitrogens is 2. The van der Waals surface area contributed by atoms with Gasteiger partial charge in [-0.25, -0.2) is 0 Å². The number of anilines is 1. The standard InChI is InChI=1S/C21H17ClN4O3/c1-12-15(11-24-26-12)10-23-20(27)14-6-7-18-17(8-14)25-21(28)19(29-18)9-13-4-2-3-5-16(13)22/h2-9,11H,10H2,1H3,(H,23,27)(H,24,26)(H,25,28). The van der Waals surface area contributed by atoms with Gasteiger partial charge in [0.15, 0.2) is 11.5 Å². The Balaban J connectivity index is 1.51. The molecule has 29 heavy (non-hydrogen) atoms. The molecule has 7 nitrogen and oxygen atoms in total. The number of rotatable bonds is 4. The maximum Gasteiger partial charge on any atom is 0.291 e. The number of halogens is 1. The SMILES string of the molecule is Cc1[nH]ncc1CNC(=O)c1ccc2c(c1)NC(=O)C(=Cc1ccccc1Cl)O2. The lowest BCUT2D eigenvalue weighted by atomic mass is 10.1. The van der Waals surface area contributed by atoms with Crippen molar-refractivity contribution in [2.75, 3.05) is 5.32 Å². The first-order valence-corrected chi connectivity index (χ1v) is 9.25. The van der Waals surface area contributed by atoms with Crippen LogP contribution in [0.5, 0.6) is 5.75 Å². The third-order valence-electron chi connectivity index (χ3n) is 4.50. The summed E-state index contributed by atoms with van der Waals surface area (Å²) in [5.74, 6) is -0.104. The molecule has 1 aliphatic rings. The first kappa shape index (κ1) is 18.8. The van der Waals surface area contributed by atoms with E-state index in [0.29, 0.717) is 34.1 Å². The van der Waals surface area contributed by atoms with Crippen LogP contribution in [0.1, 0.15) is 27.2 Å². The second-order valence-electron chi connectivity index (χ2n) is 6.50. The molecule has 0 unspecified atom stereocenters. The van der Waals surface area contributed by atoms with Crippen molar-refractivity contribution < 1.29 is 14.3 Å². The third kappa shape index (κ3) is 4.00. The van der Waals surface area contributed by atoms with Gasteiger partial charge in [-0.15, -0.1) is 0 Å². The number of hydrogen-bond acceptors (Lipinski definition) is 4. The second-order valence-corrected chi connectivity index (χ2v) is 6.91. The van der Waals surface area contributed by atoms with Crippen molar-refractivity contribution in [2.45, 2.75) is 13.5 Å². The molecule has 8 heteroatoms. The number of fused-ring (bicyclic) bond motifs is 1. The van der Waals surface area contributed by atoms with Crippen LogP contribution in [0.4, 0.5) is 5.69 Å². The highest BCUT2D eigenvalue weighted by atomic mass is 35.5. The van der Waals surface area contributed by atoms with E-state index in [-0.39, 0.29) is 11.7 Å². The summed E-state index contributed by atoms with van der Waals surface area (Å²) in [7, 11) is 0. The van der Waals surface area contributed by atoms with Gasteiger partial charge in [0.1, 0.15) is 0 Å². The normalized spacial score (nSPS) is 14.1. The van der Waals surface area contributed by atoms with Gasteiger partial charge in [-0.1, -0.05) is 29.8 Å². The van der Waals surface area contributed by atoms with Gasteiger partial charge in [0.05, 0.1) is 11.9 Å². The first-order chi connectivity index (χ1) is 14.0. The number of H-pyrrole nitrogens is 1. The van der Waals surface area contributed by atoms with Crippen LogP contribution in [0.25, 0.3) is 6.08 Å². The molecule has 1 aromatic heterocycles. The van der Waals surface area contributed by atoms with E-state index in [1.54, 1.807) is 42.6 Å². The topological polar surface area (TPSA) is 96.1 Å². The van der Waals surface area contributed by atoms with E-state index in [4.69, 9.17) is 16.3 Å². The minimum Gasteiger partial charge on any atom is -0.449 e. The highest BCUT2D eigenvalue weighted by Crippen LogP contribution is 2.33.